The Balaban J connectivity index is 0. The lowest BCUT2D eigenvalue weighted by atomic mass is 10.4. The van der Waals surface area contributed by atoms with Crippen LogP contribution in [0, 0.1) is 0 Å². The van der Waals surface area contributed by atoms with E-state index in [1.807, 2.05) is 0 Å². The van der Waals surface area contributed by atoms with Crippen molar-refractivity contribution in [2.45, 2.75) is 46.0 Å². The van der Waals surface area contributed by atoms with Crippen molar-refractivity contribution in [2.75, 3.05) is 0 Å². The lowest BCUT2D eigenvalue weighted by Gasteiger charge is -1.68. The smallest absolute Gasteiger partial charge is 0.0533 e. The van der Waals surface area contributed by atoms with Crippen molar-refractivity contribution in [3.8, 4) is 0 Å². The molecule has 0 N–H and O–H groups in total. The van der Waals surface area contributed by atoms with Gasteiger partial charge < -0.3 is 0 Å². The van der Waals surface area contributed by atoms with E-state index < -0.39 is 0 Å². The monoisotopic (exact) mass is 128 g/mol. The molecule has 0 radical (unpaired) electrons. The summed E-state index contributed by atoms with van der Waals surface area (Å²) in [5.74, 6) is 0. The van der Waals surface area contributed by atoms with E-state index in [2.05, 4.69) is 27.0 Å². The summed E-state index contributed by atoms with van der Waals surface area (Å²) in [4.78, 5) is 0. The van der Waals surface area contributed by atoms with Gasteiger partial charge in [0.05, 0.1) is 0 Å². The summed E-state index contributed by atoms with van der Waals surface area (Å²) in [7, 11) is 0. The topological polar surface area (TPSA) is 0 Å². The Morgan fingerprint density at radius 2 is 1.11 bits per heavy atom. The van der Waals surface area contributed by atoms with Crippen molar-refractivity contribution in [2.24, 2.45) is 0 Å². The molecule has 0 spiro atoms. The first-order valence-electron chi connectivity index (χ1n) is 3.91. The second kappa shape index (κ2) is 15.6. The van der Waals surface area contributed by atoms with E-state index in [9.17, 15) is 0 Å². The van der Waals surface area contributed by atoms with Gasteiger partial charge >= 0.3 is 0 Å². The maximum absolute atomic E-state index is 3.00. The summed E-state index contributed by atoms with van der Waals surface area (Å²) in [6.07, 6.45) is 7.14. The van der Waals surface area contributed by atoms with Gasteiger partial charge in [0.15, 0.2) is 0 Å². The third-order valence-electron chi connectivity index (χ3n) is 0.854. The summed E-state index contributed by atoms with van der Waals surface area (Å²) >= 11 is 0. The standard InChI is InChI=1S/C4H10.C3H6.C2H4/c1-3-4-2;1-2-3-1;1-2/h3-4H2,1-2H3;1-3H2;1-2H2. The van der Waals surface area contributed by atoms with E-state index in [1.54, 1.807) is 0 Å². The summed E-state index contributed by atoms with van der Waals surface area (Å²) in [5.41, 5.74) is 0. The Morgan fingerprint density at radius 3 is 1.11 bits per heavy atom. The molecule has 0 amide bonds. The summed E-state index contributed by atoms with van der Waals surface area (Å²) in [6, 6.07) is 0. The second-order valence-electron chi connectivity index (χ2n) is 2.06. The van der Waals surface area contributed by atoms with Gasteiger partial charge in [0.25, 0.3) is 0 Å². The number of hydrogen-bond acceptors (Lipinski definition) is 0. The zero-order valence-electron chi connectivity index (χ0n) is 6.95. The predicted octanol–water partition coefficient (Wildman–Crippen LogP) is 3.78. The molecule has 56 valence electrons. The number of hydrogen-bond donors (Lipinski definition) is 0. The highest BCUT2D eigenvalue weighted by molar-refractivity contribution is 4.50. The van der Waals surface area contributed by atoms with Gasteiger partial charge in [0.1, 0.15) is 0 Å². The van der Waals surface area contributed by atoms with E-state index in [4.69, 9.17) is 0 Å². The van der Waals surface area contributed by atoms with Gasteiger partial charge in [-0.1, -0.05) is 46.0 Å². The minimum atomic E-state index is 1.32. The Kier molecular flexibility index (Phi) is 20.0. The zero-order chi connectivity index (χ0) is 7.54. The van der Waals surface area contributed by atoms with Crippen LogP contribution in [0.1, 0.15) is 46.0 Å². The molecule has 0 heterocycles. The molecule has 1 aliphatic carbocycles. The minimum absolute atomic E-state index is 1.32. The van der Waals surface area contributed by atoms with Gasteiger partial charge in [0, 0.05) is 0 Å². The molecule has 0 saturated heterocycles. The van der Waals surface area contributed by atoms with Gasteiger partial charge in [-0.15, -0.1) is 13.2 Å². The van der Waals surface area contributed by atoms with Crippen LogP contribution < -0.4 is 0 Å². The maximum Gasteiger partial charge on any atom is -0.0533 e. The quantitative estimate of drug-likeness (QED) is 0.471. The Bertz CT molecular complexity index is 24.3. The Hall–Kier alpha value is -0.260. The van der Waals surface area contributed by atoms with E-state index >= 15 is 0 Å². The van der Waals surface area contributed by atoms with Crippen LogP contribution in [0.4, 0.5) is 0 Å². The lowest BCUT2D eigenvalue weighted by Crippen LogP contribution is -1.47. The van der Waals surface area contributed by atoms with Crippen molar-refractivity contribution in [3.63, 3.8) is 0 Å². The fourth-order valence-electron chi connectivity index (χ4n) is 0. The van der Waals surface area contributed by atoms with Crippen LogP contribution in [-0.2, 0) is 0 Å². The molecule has 9 heavy (non-hydrogen) atoms. The van der Waals surface area contributed by atoms with Crippen LogP contribution in [0.3, 0.4) is 0 Å². The van der Waals surface area contributed by atoms with Crippen LogP contribution in [0.15, 0.2) is 13.2 Å². The Labute approximate surface area is 60.0 Å². The van der Waals surface area contributed by atoms with Gasteiger partial charge in [-0.3, -0.25) is 0 Å². The highest BCUT2D eigenvalue weighted by atomic mass is 14.0. The molecule has 0 bridgehead atoms. The van der Waals surface area contributed by atoms with Gasteiger partial charge in [0.2, 0.25) is 0 Å². The molecule has 0 aliphatic heterocycles. The molecular formula is C9H20. The minimum Gasteiger partial charge on any atom is -0.106 e. The second-order valence-corrected chi connectivity index (χ2v) is 2.06. The summed E-state index contributed by atoms with van der Waals surface area (Å²) in [5, 5.41) is 0. The fraction of sp³-hybridized carbons (Fsp3) is 0.778. The summed E-state index contributed by atoms with van der Waals surface area (Å²) < 4.78 is 0. The van der Waals surface area contributed by atoms with Crippen molar-refractivity contribution in [3.05, 3.63) is 13.2 Å². The van der Waals surface area contributed by atoms with E-state index in [-0.39, 0.29) is 0 Å². The van der Waals surface area contributed by atoms with Gasteiger partial charge in [-0.2, -0.15) is 0 Å². The molecule has 0 aromatic rings. The third-order valence-corrected chi connectivity index (χ3v) is 0.854. The molecule has 1 rings (SSSR count). The van der Waals surface area contributed by atoms with Crippen LogP contribution in [-0.4, -0.2) is 0 Å². The fourth-order valence-corrected chi connectivity index (χ4v) is 0. The maximum atomic E-state index is 3.00. The molecule has 0 aromatic heterocycles. The predicted molar refractivity (Wildman–Crippen MR) is 45.7 cm³/mol. The van der Waals surface area contributed by atoms with Crippen molar-refractivity contribution in [1.29, 1.82) is 0 Å². The molecule has 0 heteroatoms. The highest BCUT2D eigenvalue weighted by Crippen LogP contribution is 2.14. The first kappa shape index (κ1) is 11.5. The molecule has 0 atom stereocenters. The van der Waals surface area contributed by atoms with E-state index in [1.165, 1.54) is 32.1 Å². The van der Waals surface area contributed by atoms with Gasteiger partial charge in [-0.25, -0.2) is 0 Å². The largest absolute Gasteiger partial charge is 0.106 e. The van der Waals surface area contributed by atoms with E-state index in [0.717, 1.165) is 0 Å². The van der Waals surface area contributed by atoms with Gasteiger partial charge in [-0.05, 0) is 0 Å². The first-order valence-corrected chi connectivity index (χ1v) is 3.91. The zero-order valence-corrected chi connectivity index (χ0v) is 6.95. The van der Waals surface area contributed by atoms with Crippen LogP contribution >= 0.6 is 0 Å². The normalized spacial score (nSPS) is 11.8. The average Bonchev–Trinajstić information content (AvgIpc) is 2.77. The third kappa shape index (κ3) is 84.2. The summed E-state index contributed by atoms with van der Waals surface area (Å²) in [6.45, 7) is 10.4. The van der Waals surface area contributed by atoms with E-state index in [0.29, 0.717) is 0 Å². The SMILES string of the molecule is C1CC1.C=C.CCCC. The van der Waals surface area contributed by atoms with Crippen LogP contribution in [0.2, 0.25) is 0 Å². The van der Waals surface area contributed by atoms with Crippen LogP contribution in [0.25, 0.3) is 0 Å². The highest BCUT2D eigenvalue weighted by Gasteiger charge is 1.95. The van der Waals surface area contributed by atoms with Crippen molar-refractivity contribution in [1.82, 2.24) is 0 Å². The van der Waals surface area contributed by atoms with Crippen molar-refractivity contribution >= 4 is 0 Å². The molecule has 0 aromatic carbocycles. The molecule has 0 unspecified atom stereocenters. The lowest BCUT2D eigenvalue weighted by molar-refractivity contribution is 0.886. The number of rotatable bonds is 1. The van der Waals surface area contributed by atoms with Crippen LogP contribution in [0.5, 0.6) is 0 Å². The molecule has 1 saturated carbocycles. The molecule has 1 aliphatic rings. The van der Waals surface area contributed by atoms with Crippen molar-refractivity contribution < 1.29 is 0 Å². The molecular weight excluding hydrogens is 108 g/mol. The number of unbranched alkanes of at least 4 members (excludes halogenated alkanes) is 1. The molecule has 0 nitrogen and oxygen atoms in total. The Morgan fingerprint density at radius 1 is 0.889 bits per heavy atom. The molecule has 1 fully saturated rings. The average molecular weight is 128 g/mol. The first-order chi connectivity index (χ1) is 4.41.